The highest BCUT2D eigenvalue weighted by atomic mass is 32.1. The van der Waals surface area contributed by atoms with Gasteiger partial charge in [-0.1, -0.05) is 31.4 Å². The molecule has 1 aliphatic carbocycles. The fourth-order valence-electron chi connectivity index (χ4n) is 3.68. The van der Waals surface area contributed by atoms with E-state index in [1.165, 1.54) is 17.4 Å². The van der Waals surface area contributed by atoms with Crippen LogP contribution in [-0.2, 0) is 0 Å². The Balaban J connectivity index is 1.94. The summed E-state index contributed by atoms with van der Waals surface area (Å²) >= 11 is 1.35. The molecule has 1 heterocycles. The Morgan fingerprint density at radius 2 is 1.54 bits per heavy atom. The van der Waals surface area contributed by atoms with Gasteiger partial charge >= 0.3 is 0 Å². The molecule has 0 aliphatic heterocycles. The van der Waals surface area contributed by atoms with Crippen LogP contribution in [-0.4, -0.2) is 16.5 Å². The number of aliphatic hydroxyl groups is 1. The number of ketones is 1. The molecular weight excluding hydrogens is 348 g/mol. The summed E-state index contributed by atoms with van der Waals surface area (Å²) in [6.45, 7) is 0. The Hall–Kier alpha value is -2.37. The molecule has 132 valence electrons. The number of carbonyl (C=O) groups excluding carboxylic acids is 1. The molecule has 5 heteroatoms. The van der Waals surface area contributed by atoms with Crippen LogP contribution >= 0.6 is 11.3 Å². The van der Waals surface area contributed by atoms with Crippen molar-refractivity contribution in [1.82, 2.24) is 0 Å². The van der Waals surface area contributed by atoms with Crippen molar-refractivity contribution in [2.45, 2.75) is 37.7 Å². The Morgan fingerprint density at radius 3 is 2.31 bits per heavy atom. The van der Waals surface area contributed by atoms with E-state index in [1.807, 2.05) is 12.1 Å². The predicted octanol–water partition coefficient (Wildman–Crippen LogP) is 3.65. The molecule has 0 spiro atoms. The van der Waals surface area contributed by atoms with Gasteiger partial charge in [0.2, 0.25) is 10.9 Å². The standard InChI is InChI=1S/C21H18O4S/c22-18-14-6-2-3-7-16(14)26-17-9-8-13(12-15(17)19(18)23)20(24)21(25)10-4-1-5-11-21/h2-3,6-9,12,25H,1,4-5,10-11H2. The zero-order valence-corrected chi connectivity index (χ0v) is 15.0. The third-order valence-corrected chi connectivity index (χ3v) is 6.30. The largest absolute Gasteiger partial charge is 0.382 e. The van der Waals surface area contributed by atoms with E-state index in [9.17, 15) is 19.5 Å². The van der Waals surface area contributed by atoms with Crippen LogP contribution in [0.4, 0.5) is 0 Å². The van der Waals surface area contributed by atoms with Crippen LogP contribution in [0.3, 0.4) is 0 Å². The summed E-state index contributed by atoms with van der Waals surface area (Å²) in [5.41, 5.74) is -2.24. The van der Waals surface area contributed by atoms with Gasteiger partial charge in [-0.3, -0.25) is 14.4 Å². The third-order valence-electron chi connectivity index (χ3n) is 5.15. The van der Waals surface area contributed by atoms with Gasteiger partial charge in [0, 0.05) is 25.7 Å². The van der Waals surface area contributed by atoms with Crippen molar-refractivity contribution in [1.29, 1.82) is 0 Å². The van der Waals surface area contributed by atoms with E-state index < -0.39 is 16.5 Å². The van der Waals surface area contributed by atoms with Crippen molar-refractivity contribution in [3.8, 4) is 0 Å². The summed E-state index contributed by atoms with van der Waals surface area (Å²) in [6, 6.07) is 11.8. The third kappa shape index (κ3) is 2.77. The van der Waals surface area contributed by atoms with Crippen LogP contribution in [0.5, 0.6) is 0 Å². The minimum atomic E-state index is -1.36. The first kappa shape index (κ1) is 17.1. The minimum Gasteiger partial charge on any atom is -0.382 e. The molecule has 0 saturated heterocycles. The number of hydrogen-bond acceptors (Lipinski definition) is 5. The van der Waals surface area contributed by atoms with Gasteiger partial charge in [0.05, 0.1) is 0 Å². The molecule has 0 radical (unpaired) electrons. The van der Waals surface area contributed by atoms with Crippen LogP contribution in [0.2, 0.25) is 0 Å². The molecule has 0 unspecified atom stereocenters. The molecule has 3 aromatic rings. The van der Waals surface area contributed by atoms with Gasteiger partial charge in [-0.15, -0.1) is 11.3 Å². The quantitative estimate of drug-likeness (QED) is 0.555. The molecular formula is C21H18O4S. The van der Waals surface area contributed by atoms with Crippen molar-refractivity contribution in [3.63, 3.8) is 0 Å². The van der Waals surface area contributed by atoms with E-state index in [1.54, 1.807) is 24.3 Å². The molecule has 1 aliphatic rings. The lowest BCUT2D eigenvalue weighted by molar-refractivity contribution is 0.0116. The van der Waals surface area contributed by atoms with Gasteiger partial charge in [-0.05, 0) is 43.2 Å². The van der Waals surface area contributed by atoms with E-state index >= 15 is 0 Å². The predicted molar refractivity (Wildman–Crippen MR) is 104 cm³/mol. The second-order valence-electron chi connectivity index (χ2n) is 6.89. The zero-order chi connectivity index (χ0) is 18.3. The van der Waals surface area contributed by atoms with Gasteiger partial charge < -0.3 is 5.11 Å². The maximum Gasteiger partial charge on any atom is 0.235 e. The van der Waals surface area contributed by atoms with E-state index in [-0.39, 0.29) is 11.2 Å². The van der Waals surface area contributed by atoms with E-state index in [4.69, 9.17) is 0 Å². The smallest absolute Gasteiger partial charge is 0.235 e. The average Bonchev–Trinajstić information content (AvgIpc) is 2.77. The topological polar surface area (TPSA) is 71.4 Å². The normalized spacial score (nSPS) is 16.7. The first-order chi connectivity index (χ1) is 12.5. The van der Waals surface area contributed by atoms with Crippen molar-refractivity contribution in [2.24, 2.45) is 0 Å². The van der Waals surface area contributed by atoms with Crippen LogP contribution in [0.25, 0.3) is 20.2 Å². The summed E-state index contributed by atoms with van der Waals surface area (Å²) in [4.78, 5) is 38.1. The number of fused-ring (bicyclic) bond motifs is 2. The first-order valence-corrected chi connectivity index (χ1v) is 9.58. The van der Waals surface area contributed by atoms with Gasteiger partial charge in [-0.25, -0.2) is 0 Å². The number of Topliss-reactive ketones (excluding diaryl/α,β-unsaturated/α-hetero) is 1. The zero-order valence-electron chi connectivity index (χ0n) is 14.2. The molecule has 1 aromatic heterocycles. The maximum absolute atomic E-state index is 12.8. The van der Waals surface area contributed by atoms with Gasteiger partial charge in [-0.2, -0.15) is 0 Å². The molecule has 0 bridgehead atoms. The average molecular weight is 366 g/mol. The lowest BCUT2D eigenvalue weighted by atomic mass is 9.79. The fraction of sp³-hybridized carbons (Fsp3) is 0.286. The molecule has 1 saturated carbocycles. The highest BCUT2D eigenvalue weighted by Crippen LogP contribution is 2.32. The molecule has 4 nitrogen and oxygen atoms in total. The van der Waals surface area contributed by atoms with Crippen LogP contribution in [0.15, 0.2) is 52.1 Å². The van der Waals surface area contributed by atoms with Crippen LogP contribution < -0.4 is 10.9 Å². The summed E-state index contributed by atoms with van der Waals surface area (Å²) in [6.07, 6.45) is 3.53. The Morgan fingerprint density at radius 1 is 0.885 bits per heavy atom. The van der Waals surface area contributed by atoms with Crippen molar-refractivity contribution in [3.05, 3.63) is 68.5 Å². The summed E-state index contributed by atoms with van der Waals surface area (Å²) in [5, 5.41) is 11.3. The van der Waals surface area contributed by atoms with Gasteiger partial charge in [0.25, 0.3) is 0 Å². The molecule has 1 fully saturated rings. The van der Waals surface area contributed by atoms with Crippen molar-refractivity contribution >= 4 is 37.3 Å². The van der Waals surface area contributed by atoms with E-state index in [0.717, 1.165) is 24.0 Å². The summed E-state index contributed by atoms with van der Waals surface area (Å²) in [7, 11) is 0. The molecule has 2 aromatic carbocycles. The van der Waals surface area contributed by atoms with Crippen molar-refractivity contribution in [2.75, 3.05) is 0 Å². The minimum absolute atomic E-state index is 0.237. The molecule has 26 heavy (non-hydrogen) atoms. The second kappa shape index (κ2) is 6.41. The number of rotatable bonds is 2. The lowest BCUT2D eigenvalue weighted by Crippen LogP contribution is -2.40. The van der Waals surface area contributed by atoms with E-state index in [0.29, 0.717) is 28.5 Å². The van der Waals surface area contributed by atoms with Gasteiger partial charge in [0.1, 0.15) is 5.60 Å². The SMILES string of the molecule is O=C(c1ccc2sc3ccccc3c(=O)c(=O)c2c1)C1(O)CCCCC1. The summed E-state index contributed by atoms with van der Waals surface area (Å²) in [5.74, 6) is -0.355. The number of carbonyl (C=O) groups is 1. The highest BCUT2D eigenvalue weighted by Gasteiger charge is 2.37. The number of hydrogen-bond donors (Lipinski definition) is 1. The molecule has 0 amide bonds. The highest BCUT2D eigenvalue weighted by molar-refractivity contribution is 7.24. The van der Waals surface area contributed by atoms with Crippen molar-refractivity contribution < 1.29 is 9.90 Å². The van der Waals surface area contributed by atoms with Gasteiger partial charge in [0.15, 0.2) is 5.78 Å². The summed E-state index contributed by atoms with van der Waals surface area (Å²) < 4.78 is 1.38. The fourth-order valence-corrected chi connectivity index (χ4v) is 4.73. The number of benzene rings is 2. The Bertz CT molecular complexity index is 1140. The molecule has 1 N–H and O–H groups in total. The second-order valence-corrected chi connectivity index (χ2v) is 7.97. The monoisotopic (exact) mass is 366 g/mol. The Labute approximate surface area is 153 Å². The van der Waals surface area contributed by atoms with Crippen LogP contribution in [0.1, 0.15) is 42.5 Å². The lowest BCUT2D eigenvalue weighted by Gasteiger charge is -2.30. The Kier molecular flexibility index (Phi) is 4.21. The maximum atomic E-state index is 12.8. The molecule has 4 rings (SSSR count). The molecule has 0 atom stereocenters. The van der Waals surface area contributed by atoms with Crippen LogP contribution in [0, 0.1) is 0 Å². The van der Waals surface area contributed by atoms with E-state index in [2.05, 4.69) is 0 Å². The first-order valence-electron chi connectivity index (χ1n) is 8.77.